The van der Waals surface area contributed by atoms with Crippen LogP contribution in [0.5, 0.6) is 0 Å². The summed E-state index contributed by atoms with van der Waals surface area (Å²) in [4.78, 5) is 10.6. The molecule has 0 saturated carbocycles. The van der Waals surface area contributed by atoms with Gasteiger partial charge in [-0.3, -0.25) is 4.79 Å². The summed E-state index contributed by atoms with van der Waals surface area (Å²) in [7, 11) is 0. The zero-order valence-corrected chi connectivity index (χ0v) is 6.23. The van der Waals surface area contributed by atoms with Crippen molar-refractivity contribution in [3.05, 3.63) is 35.6 Å². The predicted octanol–water partition coefficient (Wildman–Crippen LogP) is 1.76. The first kappa shape index (κ1) is 7.92. The van der Waals surface area contributed by atoms with Crippen LogP contribution in [-0.4, -0.2) is 5.78 Å². The Morgan fingerprint density at radius 1 is 1.64 bits per heavy atom. The topological polar surface area (TPSA) is 17.1 Å². The van der Waals surface area contributed by atoms with Crippen LogP contribution in [0.4, 0.5) is 4.39 Å². The first-order valence-electron chi connectivity index (χ1n) is 3.34. The van der Waals surface area contributed by atoms with Crippen LogP contribution in [0.15, 0.2) is 18.2 Å². The molecule has 0 unspecified atom stereocenters. The zero-order chi connectivity index (χ0) is 8.27. The van der Waals surface area contributed by atoms with Crippen molar-refractivity contribution in [2.45, 2.75) is 13.3 Å². The highest BCUT2D eigenvalue weighted by atomic mass is 19.1. The highest BCUT2D eigenvalue weighted by Crippen LogP contribution is 2.02. The molecule has 0 atom stereocenters. The number of carbonyl (C=O) groups is 1. The number of ketones is 1. The molecule has 1 radical (unpaired) electrons. The van der Waals surface area contributed by atoms with Gasteiger partial charge in [0.25, 0.3) is 0 Å². The first-order chi connectivity index (χ1) is 5.18. The summed E-state index contributed by atoms with van der Waals surface area (Å²) in [6.07, 6.45) is 0.262. The molecule has 0 bridgehead atoms. The Bertz CT molecular complexity index is 268. The summed E-state index contributed by atoms with van der Waals surface area (Å²) >= 11 is 0. The minimum atomic E-state index is -0.413. The lowest BCUT2D eigenvalue weighted by molar-refractivity contribution is -0.116. The third-order valence-electron chi connectivity index (χ3n) is 1.26. The molecule has 1 nitrogen and oxygen atoms in total. The fraction of sp³-hybridized carbons (Fsp3) is 0.222. The molecule has 1 aromatic rings. The van der Waals surface area contributed by atoms with Gasteiger partial charge < -0.3 is 0 Å². The zero-order valence-electron chi connectivity index (χ0n) is 6.23. The van der Waals surface area contributed by atoms with Gasteiger partial charge in [0.15, 0.2) is 0 Å². The minimum absolute atomic E-state index is 0.0202. The van der Waals surface area contributed by atoms with Crippen LogP contribution in [0.25, 0.3) is 0 Å². The van der Waals surface area contributed by atoms with Crippen molar-refractivity contribution in [3.8, 4) is 0 Å². The summed E-state index contributed by atoms with van der Waals surface area (Å²) in [6.45, 7) is 1.47. The second kappa shape index (κ2) is 3.28. The summed E-state index contributed by atoms with van der Waals surface area (Å²) < 4.78 is 12.5. The van der Waals surface area contributed by atoms with Gasteiger partial charge in [0.05, 0.1) is 0 Å². The summed E-state index contributed by atoms with van der Waals surface area (Å²) in [5.74, 6) is -0.393. The molecule has 0 fully saturated rings. The van der Waals surface area contributed by atoms with Gasteiger partial charge in [-0.25, -0.2) is 4.39 Å². The van der Waals surface area contributed by atoms with Gasteiger partial charge in [-0.1, -0.05) is 12.1 Å². The fourth-order valence-electron chi connectivity index (χ4n) is 0.857. The van der Waals surface area contributed by atoms with E-state index < -0.39 is 5.82 Å². The van der Waals surface area contributed by atoms with Gasteiger partial charge in [0, 0.05) is 12.5 Å². The molecule has 0 aromatic heterocycles. The number of carbonyl (C=O) groups excluding carboxylic acids is 1. The summed E-state index contributed by atoms with van der Waals surface area (Å²) in [5.41, 5.74) is 0.609. The van der Waals surface area contributed by atoms with E-state index in [1.807, 2.05) is 0 Å². The molecular formula is C9H8FO. The molecule has 0 heterocycles. The number of halogens is 1. The summed E-state index contributed by atoms with van der Waals surface area (Å²) in [5, 5.41) is 0. The highest BCUT2D eigenvalue weighted by molar-refractivity contribution is 5.78. The lowest BCUT2D eigenvalue weighted by Gasteiger charge is -1.94. The maximum absolute atomic E-state index is 12.5. The van der Waals surface area contributed by atoms with E-state index in [4.69, 9.17) is 0 Å². The quantitative estimate of drug-likeness (QED) is 0.629. The van der Waals surface area contributed by atoms with Crippen molar-refractivity contribution in [2.24, 2.45) is 0 Å². The third kappa shape index (κ3) is 2.50. The van der Waals surface area contributed by atoms with Crippen molar-refractivity contribution >= 4 is 5.78 Å². The molecule has 1 rings (SSSR count). The lowest BCUT2D eigenvalue weighted by Crippen LogP contribution is -1.96. The molecule has 0 saturated heterocycles. The molecule has 0 aliphatic heterocycles. The van der Waals surface area contributed by atoms with Crippen molar-refractivity contribution in [1.82, 2.24) is 0 Å². The van der Waals surface area contributed by atoms with Crippen LogP contribution in [0.2, 0.25) is 0 Å². The molecule has 11 heavy (non-hydrogen) atoms. The maximum Gasteiger partial charge on any atom is 0.134 e. The molecule has 0 aliphatic rings. The average molecular weight is 151 g/mol. The Balaban J connectivity index is 2.79. The van der Waals surface area contributed by atoms with Crippen LogP contribution in [-0.2, 0) is 11.2 Å². The maximum atomic E-state index is 12.5. The van der Waals surface area contributed by atoms with Crippen LogP contribution >= 0.6 is 0 Å². The average Bonchev–Trinajstić information content (AvgIpc) is 1.85. The number of hydrogen-bond acceptors (Lipinski definition) is 1. The van der Waals surface area contributed by atoms with E-state index in [0.717, 1.165) is 0 Å². The smallest absolute Gasteiger partial charge is 0.134 e. The van der Waals surface area contributed by atoms with Gasteiger partial charge >= 0.3 is 0 Å². The lowest BCUT2D eigenvalue weighted by atomic mass is 10.1. The number of rotatable bonds is 2. The monoisotopic (exact) mass is 151 g/mol. The SMILES string of the molecule is CC(=O)Cc1[c]c(F)ccc1. The van der Waals surface area contributed by atoms with Crippen molar-refractivity contribution in [3.63, 3.8) is 0 Å². The molecule has 0 aliphatic carbocycles. The van der Waals surface area contributed by atoms with Gasteiger partial charge in [-0.15, -0.1) is 0 Å². The van der Waals surface area contributed by atoms with E-state index in [1.54, 1.807) is 12.1 Å². The number of benzene rings is 1. The van der Waals surface area contributed by atoms with E-state index in [0.29, 0.717) is 5.56 Å². The minimum Gasteiger partial charge on any atom is -0.300 e. The van der Waals surface area contributed by atoms with Crippen molar-refractivity contribution in [1.29, 1.82) is 0 Å². The van der Waals surface area contributed by atoms with Crippen LogP contribution in [0, 0.1) is 11.9 Å². The van der Waals surface area contributed by atoms with Crippen molar-refractivity contribution in [2.75, 3.05) is 0 Å². The van der Waals surface area contributed by atoms with Gasteiger partial charge in [0.1, 0.15) is 11.6 Å². The van der Waals surface area contributed by atoms with E-state index >= 15 is 0 Å². The largest absolute Gasteiger partial charge is 0.300 e. The molecule has 1 aromatic carbocycles. The van der Waals surface area contributed by atoms with Crippen LogP contribution in [0.3, 0.4) is 0 Å². The van der Waals surface area contributed by atoms with Gasteiger partial charge in [-0.2, -0.15) is 0 Å². The van der Waals surface area contributed by atoms with Crippen molar-refractivity contribution < 1.29 is 9.18 Å². The Hall–Kier alpha value is -1.18. The van der Waals surface area contributed by atoms with E-state index in [2.05, 4.69) is 6.07 Å². The van der Waals surface area contributed by atoms with E-state index in [9.17, 15) is 9.18 Å². The number of hydrogen-bond donors (Lipinski definition) is 0. The second-order valence-electron chi connectivity index (χ2n) is 2.40. The van der Waals surface area contributed by atoms with E-state index in [-0.39, 0.29) is 12.2 Å². The Kier molecular flexibility index (Phi) is 2.36. The molecule has 2 heteroatoms. The number of Topliss-reactive ketones (excluding diaryl/α,β-unsaturated/α-hetero) is 1. The second-order valence-corrected chi connectivity index (χ2v) is 2.40. The predicted molar refractivity (Wildman–Crippen MR) is 39.6 cm³/mol. The molecular weight excluding hydrogens is 143 g/mol. The highest BCUT2D eigenvalue weighted by Gasteiger charge is 1.98. The third-order valence-corrected chi connectivity index (χ3v) is 1.26. The van der Waals surface area contributed by atoms with Gasteiger partial charge in [0.2, 0.25) is 0 Å². The molecule has 57 valence electrons. The normalized spacial score (nSPS) is 9.64. The summed E-state index contributed by atoms with van der Waals surface area (Å²) in [6, 6.07) is 7.02. The fourth-order valence-corrected chi connectivity index (χ4v) is 0.857. The first-order valence-corrected chi connectivity index (χ1v) is 3.34. The Morgan fingerprint density at radius 3 is 2.91 bits per heavy atom. The molecule has 0 amide bonds. The van der Waals surface area contributed by atoms with E-state index in [1.165, 1.54) is 13.0 Å². The van der Waals surface area contributed by atoms with Crippen LogP contribution < -0.4 is 0 Å². The molecule has 0 N–H and O–H groups in total. The standard InChI is InChI=1S/C9H8FO/c1-7(11)5-8-3-2-4-9(10)6-8/h2-4H,5H2,1H3. The molecule has 0 spiro atoms. The van der Waals surface area contributed by atoms with Gasteiger partial charge in [-0.05, 0) is 18.6 Å². The Labute approximate surface area is 64.9 Å². The Morgan fingerprint density at radius 2 is 2.36 bits per heavy atom. The van der Waals surface area contributed by atoms with Crippen LogP contribution in [0.1, 0.15) is 12.5 Å².